The van der Waals surface area contributed by atoms with Crippen LogP contribution in [0.25, 0.3) is 22.3 Å². The van der Waals surface area contributed by atoms with E-state index in [0.29, 0.717) is 66.8 Å². The van der Waals surface area contributed by atoms with Gasteiger partial charge in [0.05, 0.1) is 30.0 Å². The maximum Gasteiger partial charge on any atom is 0.341 e. The predicted molar refractivity (Wildman–Crippen MR) is 171 cm³/mol. The number of aromatic hydroxyl groups is 1. The number of aromatic nitrogens is 4. The number of nitrogens with zero attached hydrogens (tertiary/aromatic N) is 6. The number of anilines is 1. The summed E-state index contributed by atoms with van der Waals surface area (Å²) in [4.78, 5) is 28.7. The van der Waals surface area contributed by atoms with Gasteiger partial charge in [-0.15, -0.1) is 0 Å². The normalized spacial score (nSPS) is 15.5. The molecule has 0 atom stereocenters. The van der Waals surface area contributed by atoms with Gasteiger partial charge in [0.1, 0.15) is 17.1 Å². The standard InChI is InChI=1S/C33H31FN6O4S/c34-26-16-24-27(38(22-10-11-22)19-25(30(24)42)32(43)44)17-28(26)37-14-12-36(13-15-37)20-40-33(45)39(18-21-6-2-1-3-7-21)31(35-40)23-8-4-5-9-29(23)41/h1-9,16-17,19,22,41H,10-15,18,20H2,(H,43,44). The first-order valence-corrected chi connectivity index (χ1v) is 15.3. The number of hydrogen-bond acceptors (Lipinski definition) is 7. The summed E-state index contributed by atoms with van der Waals surface area (Å²) < 4.78 is 21.5. The van der Waals surface area contributed by atoms with E-state index in [1.807, 2.05) is 56.5 Å². The first-order valence-electron chi connectivity index (χ1n) is 14.9. The maximum atomic E-state index is 15.5. The van der Waals surface area contributed by atoms with Gasteiger partial charge in [0, 0.05) is 43.8 Å². The van der Waals surface area contributed by atoms with Crippen molar-refractivity contribution in [2.24, 2.45) is 0 Å². The Bertz CT molecular complexity index is 2040. The van der Waals surface area contributed by atoms with E-state index in [2.05, 4.69) is 4.90 Å². The summed E-state index contributed by atoms with van der Waals surface area (Å²) in [5, 5.41) is 25.1. The van der Waals surface area contributed by atoms with Crippen molar-refractivity contribution in [1.82, 2.24) is 23.8 Å². The van der Waals surface area contributed by atoms with Crippen LogP contribution in [0, 0.1) is 10.6 Å². The summed E-state index contributed by atoms with van der Waals surface area (Å²) in [7, 11) is 0. The smallest absolute Gasteiger partial charge is 0.341 e. The molecule has 230 valence electrons. The zero-order chi connectivity index (χ0) is 31.2. The zero-order valence-corrected chi connectivity index (χ0v) is 25.2. The van der Waals surface area contributed by atoms with E-state index in [-0.39, 0.29) is 22.7 Å². The Kier molecular flexibility index (Phi) is 7.46. The molecule has 2 aliphatic rings. The highest BCUT2D eigenvalue weighted by molar-refractivity contribution is 7.71. The lowest BCUT2D eigenvalue weighted by Gasteiger charge is -2.36. The van der Waals surface area contributed by atoms with Crippen molar-refractivity contribution >= 4 is 34.8 Å². The SMILES string of the molecule is O=C(O)c1cn(C2CC2)c2cc(N3CCN(Cn4nc(-c5ccccc5O)n(Cc5ccccc5)c4=S)CC3)c(F)cc2c1=O. The van der Waals surface area contributed by atoms with Crippen molar-refractivity contribution in [3.63, 3.8) is 0 Å². The van der Waals surface area contributed by atoms with Crippen molar-refractivity contribution in [3.05, 3.63) is 105 Å². The van der Waals surface area contributed by atoms with Crippen LogP contribution < -0.4 is 10.3 Å². The highest BCUT2D eigenvalue weighted by atomic mass is 32.1. The van der Waals surface area contributed by atoms with Crippen LogP contribution >= 0.6 is 12.2 Å². The van der Waals surface area contributed by atoms with Crippen molar-refractivity contribution in [2.45, 2.75) is 32.1 Å². The summed E-state index contributed by atoms with van der Waals surface area (Å²) in [6, 6.07) is 20.0. The molecule has 0 bridgehead atoms. The van der Waals surface area contributed by atoms with Crippen LogP contribution in [0.5, 0.6) is 5.75 Å². The number of carboxylic acids is 1. The van der Waals surface area contributed by atoms with E-state index in [1.54, 1.807) is 22.9 Å². The van der Waals surface area contributed by atoms with Gasteiger partial charge in [-0.25, -0.2) is 13.9 Å². The minimum atomic E-state index is -1.31. The molecule has 7 rings (SSSR count). The number of halogens is 1. The fourth-order valence-electron chi connectivity index (χ4n) is 6.03. The first-order chi connectivity index (χ1) is 21.8. The van der Waals surface area contributed by atoms with Crippen LogP contribution in [0.1, 0.15) is 34.8 Å². The molecule has 0 spiro atoms. The molecule has 0 unspecified atom stereocenters. The number of para-hydroxylation sites is 1. The number of hydrogen-bond donors (Lipinski definition) is 2. The minimum absolute atomic E-state index is 0.0856. The maximum absolute atomic E-state index is 15.5. The lowest BCUT2D eigenvalue weighted by molar-refractivity contribution is 0.0694. The lowest BCUT2D eigenvalue weighted by Crippen LogP contribution is -2.47. The number of aromatic carboxylic acids is 1. The van der Waals surface area contributed by atoms with Gasteiger partial charge in [-0.2, -0.15) is 5.10 Å². The molecule has 2 aromatic heterocycles. The number of carbonyl (C=O) groups is 1. The van der Waals surface area contributed by atoms with E-state index in [1.165, 1.54) is 12.3 Å². The van der Waals surface area contributed by atoms with Crippen LogP contribution in [0.2, 0.25) is 0 Å². The van der Waals surface area contributed by atoms with E-state index in [9.17, 15) is 19.8 Å². The Morgan fingerprint density at radius 3 is 2.40 bits per heavy atom. The number of fused-ring (bicyclic) bond motifs is 1. The largest absolute Gasteiger partial charge is 0.507 e. The molecule has 10 nitrogen and oxygen atoms in total. The summed E-state index contributed by atoms with van der Waals surface area (Å²) in [6.45, 7) is 3.22. The van der Waals surface area contributed by atoms with Crippen molar-refractivity contribution in [2.75, 3.05) is 31.1 Å². The molecule has 3 aromatic carbocycles. The van der Waals surface area contributed by atoms with Crippen LogP contribution in [-0.2, 0) is 13.2 Å². The fraction of sp³-hybridized carbons (Fsp3) is 0.273. The monoisotopic (exact) mass is 626 g/mol. The third-order valence-electron chi connectivity index (χ3n) is 8.57. The number of carboxylic acid groups (broad SMARTS) is 1. The second-order valence-corrected chi connectivity index (χ2v) is 11.9. The molecule has 1 aliphatic carbocycles. The number of phenolic OH excluding ortho intramolecular Hbond substituents is 1. The number of benzene rings is 3. The summed E-state index contributed by atoms with van der Waals surface area (Å²) in [5.74, 6) is -1.16. The number of phenols is 1. The predicted octanol–water partition coefficient (Wildman–Crippen LogP) is 5.10. The van der Waals surface area contributed by atoms with Gasteiger partial charge in [-0.05, 0) is 54.9 Å². The third-order valence-corrected chi connectivity index (χ3v) is 9.00. The molecular weight excluding hydrogens is 595 g/mol. The Hall–Kier alpha value is -4.81. The van der Waals surface area contributed by atoms with Crippen molar-refractivity contribution in [1.29, 1.82) is 0 Å². The number of pyridine rings is 1. The quantitative estimate of drug-likeness (QED) is 0.229. The lowest BCUT2D eigenvalue weighted by atomic mass is 10.1. The van der Waals surface area contributed by atoms with Gasteiger partial charge < -0.3 is 19.7 Å². The molecule has 0 amide bonds. The molecule has 1 saturated heterocycles. The molecule has 0 radical (unpaired) electrons. The Labute approximate surface area is 262 Å². The van der Waals surface area contributed by atoms with Gasteiger partial charge in [0.25, 0.3) is 0 Å². The van der Waals surface area contributed by atoms with E-state index in [0.717, 1.165) is 18.4 Å². The zero-order valence-electron chi connectivity index (χ0n) is 24.3. The second-order valence-electron chi connectivity index (χ2n) is 11.6. The molecule has 3 heterocycles. The van der Waals surface area contributed by atoms with E-state index in [4.69, 9.17) is 17.3 Å². The van der Waals surface area contributed by atoms with Gasteiger partial charge in [0.2, 0.25) is 5.43 Å². The summed E-state index contributed by atoms with van der Waals surface area (Å²) >= 11 is 5.89. The minimum Gasteiger partial charge on any atom is -0.507 e. The Morgan fingerprint density at radius 1 is 1.00 bits per heavy atom. The van der Waals surface area contributed by atoms with Crippen LogP contribution in [0.4, 0.5) is 10.1 Å². The van der Waals surface area contributed by atoms with Crippen molar-refractivity contribution < 1.29 is 19.4 Å². The van der Waals surface area contributed by atoms with Gasteiger partial charge in [-0.1, -0.05) is 42.5 Å². The average Bonchev–Trinajstić information content (AvgIpc) is 3.84. The summed E-state index contributed by atoms with van der Waals surface area (Å²) in [5.41, 5.74) is 1.59. The van der Waals surface area contributed by atoms with Crippen LogP contribution in [0.15, 0.2) is 77.7 Å². The van der Waals surface area contributed by atoms with Gasteiger partial charge in [-0.3, -0.25) is 14.3 Å². The molecule has 1 aliphatic heterocycles. The molecule has 1 saturated carbocycles. The molecule has 12 heteroatoms. The topological polar surface area (TPSA) is 109 Å². The molecule has 5 aromatic rings. The number of rotatable bonds is 8. The van der Waals surface area contributed by atoms with E-state index >= 15 is 4.39 Å². The Morgan fingerprint density at radius 2 is 1.71 bits per heavy atom. The summed E-state index contributed by atoms with van der Waals surface area (Å²) in [6.07, 6.45) is 3.17. The second kappa shape index (κ2) is 11.6. The van der Waals surface area contributed by atoms with Crippen LogP contribution in [0.3, 0.4) is 0 Å². The fourth-order valence-corrected chi connectivity index (χ4v) is 6.28. The molecule has 45 heavy (non-hydrogen) atoms. The van der Waals surface area contributed by atoms with Crippen molar-refractivity contribution in [3.8, 4) is 17.1 Å². The number of piperazine rings is 1. The molecule has 2 N–H and O–H groups in total. The van der Waals surface area contributed by atoms with Crippen LogP contribution in [-0.4, -0.2) is 66.2 Å². The van der Waals surface area contributed by atoms with Gasteiger partial charge in [0.15, 0.2) is 10.6 Å². The Balaban J connectivity index is 1.14. The van der Waals surface area contributed by atoms with Gasteiger partial charge >= 0.3 is 5.97 Å². The van der Waals surface area contributed by atoms with E-state index < -0.39 is 17.2 Å². The first kappa shape index (κ1) is 28.9. The highest BCUT2D eigenvalue weighted by Gasteiger charge is 2.29. The average molecular weight is 627 g/mol. The highest BCUT2D eigenvalue weighted by Crippen LogP contribution is 2.38. The molecular formula is C33H31FN6O4S. The third kappa shape index (κ3) is 5.51. The molecule has 2 fully saturated rings.